The Kier molecular flexibility index (Phi) is 3.63. The second-order valence-corrected chi connectivity index (χ2v) is 7.75. The third kappa shape index (κ3) is 3.44. The number of carbonyl (C=O) groups is 1. The van der Waals surface area contributed by atoms with Gasteiger partial charge in [-0.15, -0.1) is 0 Å². The molecular formula is C8H18O4S. The Morgan fingerprint density at radius 1 is 1.38 bits per heavy atom. The van der Waals surface area contributed by atoms with Crippen molar-refractivity contribution in [2.45, 2.75) is 20.8 Å². The van der Waals surface area contributed by atoms with Gasteiger partial charge in [-0.1, -0.05) is 6.92 Å². The Morgan fingerprint density at radius 2 is 1.77 bits per heavy atom. The first-order chi connectivity index (χ1) is 5.73. The van der Waals surface area contributed by atoms with E-state index in [4.69, 9.17) is 5.11 Å². The van der Waals surface area contributed by atoms with Crippen LogP contribution >= 0.6 is 0 Å². The summed E-state index contributed by atoms with van der Waals surface area (Å²) in [5.74, 6) is -1.66. The third-order valence-corrected chi connectivity index (χ3v) is 6.24. The van der Waals surface area contributed by atoms with Crippen molar-refractivity contribution in [3.8, 4) is 0 Å². The van der Waals surface area contributed by atoms with E-state index in [-0.39, 0.29) is 17.3 Å². The Labute approximate surface area is 78.6 Å². The summed E-state index contributed by atoms with van der Waals surface area (Å²) in [5, 5.41) is 8.62. The highest BCUT2D eigenvalue weighted by Gasteiger charge is 2.28. The minimum Gasteiger partial charge on any atom is -0.481 e. The zero-order valence-electron chi connectivity index (χ0n) is 8.32. The van der Waals surface area contributed by atoms with Crippen molar-refractivity contribution in [2.24, 2.45) is 5.92 Å². The molecule has 0 fully saturated rings. The molecule has 0 aliphatic carbocycles. The molecule has 13 heavy (non-hydrogen) atoms. The zero-order valence-corrected chi connectivity index (χ0v) is 9.13. The fourth-order valence-corrected chi connectivity index (χ4v) is 3.24. The van der Waals surface area contributed by atoms with Gasteiger partial charge in [-0.05, 0) is 13.8 Å². The molecule has 0 aliphatic rings. The summed E-state index contributed by atoms with van der Waals surface area (Å²) in [5.41, 5.74) is 0. The maximum Gasteiger partial charge on any atom is 0.307 e. The van der Waals surface area contributed by atoms with E-state index in [1.807, 2.05) is 0 Å². The molecular weight excluding hydrogens is 192 g/mol. The Hall–Kier alpha value is -0.420. The lowest BCUT2D eigenvalue weighted by atomic mass is 10.2. The van der Waals surface area contributed by atoms with Crippen molar-refractivity contribution in [3.63, 3.8) is 0 Å². The van der Waals surface area contributed by atoms with Gasteiger partial charge in [0.2, 0.25) is 0 Å². The van der Waals surface area contributed by atoms with Gasteiger partial charge in [0.05, 0.1) is 5.92 Å². The van der Waals surface area contributed by atoms with E-state index < -0.39 is 21.2 Å². The molecule has 1 atom stereocenters. The highest BCUT2D eigenvalue weighted by atomic mass is 32.3. The van der Waals surface area contributed by atoms with Crippen molar-refractivity contribution in [1.82, 2.24) is 0 Å². The highest BCUT2D eigenvalue weighted by molar-refractivity contribution is 8.15. The molecule has 0 radical (unpaired) electrons. The Balaban J connectivity index is 4.66. The molecule has 5 heteroatoms. The molecule has 0 aliphatic heterocycles. The maximum absolute atomic E-state index is 11.9. The molecule has 2 N–H and O–H groups in total. The summed E-state index contributed by atoms with van der Waals surface area (Å²) in [7, 11) is -3.67. The summed E-state index contributed by atoms with van der Waals surface area (Å²) >= 11 is 0. The molecule has 0 rings (SSSR count). The van der Waals surface area contributed by atoms with Crippen LogP contribution in [0.15, 0.2) is 0 Å². The van der Waals surface area contributed by atoms with Crippen molar-refractivity contribution in [3.05, 3.63) is 0 Å². The number of carboxylic acid groups (broad SMARTS) is 1. The number of carboxylic acids is 1. The number of hydrogen-bond donors (Lipinski definition) is 2. The predicted octanol–water partition coefficient (Wildman–Crippen LogP) is 1.04. The highest BCUT2D eigenvalue weighted by Crippen LogP contribution is 2.24. The van der Waals surface area contributed by atoms with Crippen molar-refractivity contribution in [2.75, 3.05) is 17.3 Å². The van der Waals surface area contributed by atoms with E-state index >= 15 is 0 Å². The van der Waals surface area contributed by atoms with E-state index in [2.05, 4.69) is 0 Å². The lowest BCUT2D eigenvalue weighted by Gasteiger charge is -2.42. The second-order valence-electron chi connectivity index (χ2n) is 3.41. The molecule has 4 nitrogen and oxygen atoms in total. The summed E-state index contributed by atoms with van der Waals surface area (Å²) in [6, 6.07) is 0. The molecule has 0 spiro atoms. The normalized spacial score (nSPS) is 17.4. The van der Waals surface area contributed by atoms with E-state index in [0.717, 1.165) is 0 Å². The van der Waals surface area contributed by atoms with Crippen LogP contribution in [0.3, 0.4) is 0 Å². The monoisotopic (exact) mass is 210 g/mol. The van der Waals surface area contributed by atoms with E-state index in [1.165, 1.54) is 6.92 Å². The van der Waals surface area contributed by atoms with E-state index in [1.54, 1.807) is 13.8 Å². The number of hydrogen-bond acceptors (Lipinski definition) is 2. The van der Waals surface area contributed by atoms with Crippen LogP contribution in [0.1, 0.15) is 20.8 Å². The van der Waals surface area contributed by atoms with Crippen LogP contribution in [0.4, 0.5) is 0 Å². The topological polar surface area (TPSA) is 74.6 Å². The molecule has 0 aromatic heterocycles. The first-order valence-electron chi connectivity index (χ1n) is 4.33. The quantitative estimate of drug-likeness (QED) is 0.711. The minimum atomic E-state index is -3.67. The van der Waals surface area contributed by atoms with Crippen LogP contribution < -0.4 is 0 Å². The summed E-state index contributed by atoms with van der Waals surface area (Å²) < 4.78 is 21.7. The molecule has 0 bridgehead atoms. The second kappa shape index (κ2) is 3.75. The van der Waals surface area contributed by atoms with Gasteiger partial charge in [-0.3, -0.25) is 4.79 Å². The van der Waals surface area contributed by atoms with Crippen LogP contribution in [0.25, 0.3) is 0 Å². The van der Waals surface area contributed by atoms with Gasteiger partial charge in [-0.2, -0.15) is 9.35 Å². The summed E-state index contributed by atoms with van der Waals surface area (Å²) in [4.78, 5) is 10.5. The summed E-state index contributed by atoms with van der Waals surface area (Å²) in [6.07, 6.45) is 0. The smallest absolute Gasteiger partial charge is 0.307 e. The van der Waals surface area contributed by atoms with Gasteiger partial charge in [0.1, 0.15) is 0 Å². The Bertz CT molecular complexity index is 251. The Morgan fingerprint density at radius 3 is 2.00 bits per heavy atom. The maximum atomic E-state index is 11.9. The average molecular weight is 210 g/mol. The van der Waals surface area contributed by atoms with Gasteiger partial charge in [0, 0.05) is 17.3 Å². The van der Waals surface area contributed by atoms with Crippen LogP contribution in [0, 0.1) is 5.92 Å². The third-order valence-electron chi connectivity index (χ3n) is 2.36. The van der Waals surface area contributed by atoms with Gasteiger partial charge in [0.15, 0.2) is 0 Å². The van der Waals surface area contributed by atoms with Crippen LogP contribution in [-0.2, 0) is 14.1 Å². The minimum absolute atomic E-state index is 0.130. The van der Waals surface area contributed by atoms with Crippen LogP contribution in [0.2, 0.25) is 0 Å². The van der Waals surface area contributed by atoms with Crippen molar-refractivity contribution < 1.29 is 18.7 Å². The molecule has 0 aromatic rings. The lowest BCUT2D eigenvalue weighted by molar-refractivity contribution is -0.140. The molecule has 0 heterocycles. The average Bonchev–Trinajstić information content (AvgIpc) is 2.05. The standard InChI is InChI=1S/C8H18O4S/c1-4-13(11,12,5-2)6-7(3)8(9)10/h7H,4-6H2,1-3H3,(H,9,10)(H,11,12). The van der Waals surface area contributed by atoms with Crippen molar-refractivity contribution in [1.29, 1.82) is 0 Å². The first kappa shape index (κ1) is 12.6. The number of aliphatic carboxylic acids is 1. The first-order valence-corrected chi connectivity index (χ1v) is 6.76. The number of rotatable bonds is 5. The van der Waals surface area contributed by atoms with Crippen LogP contribution in [-0.4, -0.2) is 37.1 Å². The van der Waals surface area contributed by atoms with Gasteiger partial charge in [0.25, 0.3) is 0 Å². The molecule has 80 valence electrons. The largest absolute Gasteiger partial charge is 0.481 e. The zero-order chi connectivity index (χ0) is 10.7. The van der Waals surface area contributed by atoms with Crippen molar-refractivity contribution >= 4 is 15.3 Å². The molecule has 0 amide bonds. The molecule has 0 saturated heterocycles. The molecule has 0 saturated carbocycles. The summed E-state index contributed by atoms with van der Waals surface area (Å²) in [6.45, 7) is 4.69. The molecule has 1 unspecified atom stereocenters. The predicted molar refractivity (Wildman–Crippen MR) is 53.5 cm³/mol. The van der Waals surface area contributed by atoms with Gasteiger partial charge < -0.3 is 9.66 Å². The fraction of sp³-hybridized carbons (Fsp3) is 0.875. The van der Waals surface area contributed by atoms with Crippen LogP contribution in [0.5, 0.6) is 0 Å². The SMILES string of the molecule is CCS(=O)(O)(CC)CC(C)C(=O)O. The lowest BCUT2D eigenvalue weighted by Crippen LogP contribution is -2.44. The molecule has 0 aromatic carbocycles. The van der Waals surface area contributed by atoms with E-state index in [0.29, 0.717) is 0 Å². The fourth-order valence-electron chi connectivity index (χ4n) is 1.08. The van der Waals surface area contributed by atoms with Gasteiger partial charge >= 0.3 is 5.97 Å². The van der Waals surface area contributed by atoms with Gasteiger partial charge in [-0.25, -0.2) is 4.21 Å². The van der Waals surface area contributed by atoms with E-state index in [9.17, 15) is 13.6 Å².